The van der Waals surface area contributed by atoms with E-state index < -0.39 is 12.1 Å². The van der Waals surface area contributed by atoms with Crippen LogP contribution in [0, 0.1) is 13.8 Å². The van der Waals surface area contributed by atoms with Gasteiger partial charge in [-0.1, -0.05) is 71.3 Å². The number of Topliss-reactive ketones (excluding diaryl/α,β-unsaturated/α-hetero) is 1. The monoisotopic (exact) mass is 423 g/mol. The highest BCUT2D eigenvalue weighted by molar-refractivity contribution is 6.33. The summed E-state index contributed by atoms with van der Waals surface area (Å²) in [4.78, 5) is 26.2. The van der Waals surface area contributed by atoms with Crippen LogP contribution >= 0.6 is 11.6 Å². The Balaban J connectivity index is 1.99. The van der Waals surface area contributed by atoms with E-state index in [-0.39, 0.29) is 27.8 Å². The maximum atomic E-state index is 13.2. The van der Waals surface area contributed by atoms with Gasteiger partial charge in [0.2, 0.25) is 5.78 Å². The molecule has 0 heterocycles. The second-order valence-corrected chi connectivity index (χ2v) is 7.41. The summed E-state index contributed by atoms with van der Waals surface area (Å²) in [6, 6.07) is 17.2. The van der Waals surface area contributed by atoms with Crippen LogP contribution in [0.4, 0.5) is 5.69 Å². The molecule has 2 N–H and O–H groups in total. The first-order valence-corrected chi connectivity index (χ1v) is 9.69. The molecule has 0 aromatic heterocycles. The Morgan fingerprint density at radius 3 is 2.07 bits per heavy atom. The number of carbonyl (C=O) groups excluding carboxylic acids is 2. The molecule has 0 radical (unpaired) electrons. The minimum absolute atomic E-state index is 0.0884. The van der Waals surface area contributed by atoms with E-state index in [1.165, 1.54) is 19.2 Å². The Morgan fingerprint density at radius 1 is 0.933 bits per heavy atom. The summed E-state index contributed by atoms with van der Waals surface area (Å²) in [6.45, 7) is 3.87. The molecule has 30 heavy (non-hydrogen) atoms. The number of hydrogen-bond acceptors (Lipinski definition) is 5. The van der Waals surface area contributed by atoms with E-state index in [0.717, 1.165) is 11.1 Å². The van der Waals surface area contributed by atoms with Crippen LogP contribution in [0.25, 0.3) is 0 Å². The number of esters is 1. The summed E-state index contributed by atoms with van der Waals surface area (Å²) in [5.74, 6) is -0.847. The van der Waals surface area contributed by atoms with Crippen molar-refractivity contribution in [1.82, 2.24) is 0 Å². The molecule has 3 rings (SSSR count). The van der Waals surface area contributed by atoms with Gasteiger partial charge in [-0.3, -0.25) is 4.79 Å². The van der Waals surface area contributed by atoms with Gasteiger partial charge in [0.25, 0.3) is 0 Å². The third kappa shape index (κ3) is 4.63. The van der Waals surface area contributed by atoms with E-state index >= 15 is 0 Å². The first-order valence-electron chi connectivity index (χ1n) is 9.31. The average Bonchev–Trinajstić information content (AvgIpc) is 2.74. The highest BCUT2D eigenvalue weighted by Gasteiger charge is 2.28. The third-order valence-electron chi connectivity index (χ3n) is 4.72. The zero-order valence-electron chi connectivity index (χ0n) is 16.9. The molecule has 0 saturated carbocycles. The lowest BCUT2D eigenvalue weighted by atomic mass is 9.98. The number of ketones is 1. The van der Waals surface area contributed by atoms with Gasteiger partial charge in [-0.2, -0.15) is 0 Å². The van der Waals surface area contributed by atoms with E-state index in [9.17, 15) is 9.59 Å². The fourth-order valence-electron chi connectivity index (χ4n) is 2.95. The Bertz CT molecular complexity index is 1080. The SMILES string of the molecule is COc1cc(N)c(Cl)cc1C(=O)OC(C(=O)c1ccc(C)cc1)c1ccc(C)cc1. The van der Waals surface area contributed by atoms with E-state index in [0.29, 0.717) is 11.1 Å². The zero-order chi connectivity index (χ0) is 21.8. The lowest BCUT2D eigenvalue weighted by Gasteiger charge is -2.19. The molecule has 0 bridgehead atoms. The van der Waals surface area contributed by atoms with Crippen molar-refractivity contribution in [3.05, 3.63) is 93.5 Å². The number of nitrogen functional groups attached to an aromatic ring is 1. The van der Waals surface area contributed by atoms with Crippen molar-refractivity contribution in [1.29, 1.82) is 0 Å². The molecule has 0 aliphatic heterocycles. The maximum absolute atomic E-state index is 13.2. The molecular formula is C24H22ClNO4. The van der Waals surface area contributed by atoms with Gasteiger partial charge in [-0.05, 0) is 19.9 Å². The van der Waals surface area contributed by atoms with Gasteiger partial charge in [0.15, 0.2) is 6.10 Å². The van der Waals surface area contributed by atoms with Crippen LogP contribution in [0.5, 0.6) is 5.75 Å². The maximum Gasteiger partial charge on any atom is 0.343 e. The van der Waals surface area contributed by atoms with Crippen molar-refractivity contribution >= 4 is 29.0 Å². The van der Waals surface area contributed by atoms with Gasteiger partial charge in [0.1, 0.15) is 11.3 Å². The normalized spacial score (nSPS) is 11.6. The minimum atomic E-state index is -1.12. The van der Waals surface area contributed by atoms with E-state index in [4.69, 9.17) is 26.8 Å². The summed E-state index contributed by atoms with van der Waals surface area (Å²) in [6.07, 6.45) is -1.12. The smallest absolute Gasteiger partial charge is 0.343 e. The number of anilines is 1. The number of halogens is 1. The first kappa shape index (κ1) is 21.4. The van der Waals surface area contributed by atoms with E-state index in [2.05, 4.69) is 0 Å². The predicted molar refractivity (Wildman–Crippen MR) is 117 cm³/mol. The molecule has 0 amide bonds. The average molecular weight is 424 g/mol. The van der Waals surface area contributed by atoms with Gasteiger partial charge >= 0.3 is 5.97 Å². The molecule has 0 spiro atoms. The second kappa shape index (κ2) is 9.01. The first-order chi connectivity index (χ1) is 14.3. The van der Waals surface area contributed by atoms with Crippen LogP contribution in [0.3, 0.4) is 0 Å². The van der Waals surface area contributed by atoms with Gasteiger partial charge in [0, 0.05) is 17.2 Å². The molecule has 5 nitrogen and oxygen atoms in total. The van der Waals surface area contributed by atoms with Crippen LogP contribution < -0.4 is 10.5 Å². The molecule has 0 saturated heterocycles. The molecular weight excluding hydrogens is 402 g/mol. The van der Waals surface area contributed by atoms with Crippen LogP contribution in [-0.4, -0.2) is 18.9 Å². The standard InChI is InChI=1S/C24H22ClNO4/c1-14-4-8-16(9-5-14)22(27)23(17-10-6-15(2)7-11-17)30-24(28)18-12-19(25)20(26)13-21(18)29-3/h4-13,23H,26H2,1-3H3. The number of ether oxygens (including phenoxy) is 2. The van der Waals surface area contributed by atoms with E-state index in [1.54, 1.807) is 24.3 Å². The molecule has 154 valence electrons. The summed E-state index contributed by atoms with van der Waals surface area (Å²) < 4.78 is 10.9. The van der Waals surface area contributed by atoms with Gasteiger partial charge in [-0.15, -0.1) is 0 Å². The number of aryl methyl sites for hydroxylation is 2. The summed E-state index contributed by atoms with van der Waals surface area (Å²) in [5, 5.41) is 0.194. The largest absolute Gasteiger partial charge is 0.496 e. The molecule has 0 aliphatic carbocycles. The number of hydrogen-bond donors (Lipinski definition) is 1. The number of rotatable bonds is 6. The zero-order valence-corrected chi connectivity index (χ0v) is 17.7. The van der Waals surface area contributed by atoms with Crippen molar-refractivity contribution in [3.63, 3.8) is 0 Å². The van der Waals surface area contributed by atoms with Crippen LogP contribution in [0.1, 0.15) is 43.5 Å². The van der Waals surface area contributed by atoms with Crippen LogP contribution in [0.2, 0.25) is 5.02 Å². The van der Waals surface area contributed by atoms with Gasteiger partial charge < -0.3 is 15.2 Å². The number of nitrogens with two attached hydrogens (primary N) is 1. The fraction of sp³-hybridized carbons (Fsp3) is 0.167. The van der Waals surface area contributed by atoms with Crippen molar-refractivity contribution in [2.24, 2.45) is 0 Å². The molecule has 3 aromatic rings. The lowest BCUT2D eigenvalue weighted by Crippen LogP contribution is -2.21. The number of benzene rings is 3. The molecule has 3 aromatic carbocycles. The summed E-state index contributed by atoms with van der Waals surface area (Å²) in [7, 11) is 1.41. The number of carbonyl (C=O) groups is 2. The van der Waals surface area contributed by atoms with Crippen LogP contribution in [-0.2, 0) is 4.74 Å². The Labute approximate surface area is 180 Å². The highest BCUT2D eigenvalue weighted by atomic mass is 35.5. The molecule has 6 heteroatoms. The molecule has 1 unspecified atom stereocenters. The number of methoxy groups -OCH3 is 1. The van der Waals surface area contributed by atoms with Crippen molar-refractivity contribution in [2.75, 3.05) is 12.8 Å². The van der Waals surface area contributed by atoms with Gasteiger partial charge in [-0.25, -0.2) is 4.79 Å². The minimum Gasteiger partial charge on any atom is -0.496 e. The van der Waals surface area contributed by atoms with Gasteiger partial charge in [0.05, 0.1) is 17.8 Å². The fourth-order valence-corrected chi connectivity index (χ4v) is 3.12. The van der Waals surface area contributed by atoms with Crippen molar-refractivity contribution in [3.8, 4) is 5.75 Å². The lowest BCUT2D eigenvalue weighted by molar-refractivity contribution is 0.0277. The predicted octanol–water partition coefficient (Wildman–Crippen LogP) is 5.33. The Kier molecular flexibility index (Phi) is 6.43. The summed E-state index contributed by atoms with van der Waals surface area (Å²) in [5.41, 5.74) is 9.22. The summed E-state index contributed by atoms with van der Waals surface area (Å²) >= 11 is 6.08. The molecule has 0 aliphatic rings. The van der Waals surface area contributed by atoms with E-state index in [1.807, 2.05) is 38.1 Å². The second-order valence-electron chi connectivity index (χ2n) is 7.00. The third-order valence-corrected chi connectivity index (χ3v) is 5.05. The highest BCUT2D eigenvalue weighted by Crippen LogP contribution is 2.31. The topological polar surface area (TPSA) is 78.6 Å². The van der Waals surface area contributed by atoms with Crippen LogP contribution in [0.15, 0.2) is 60.7 Å². The molecule has 0 fully saturated rings. The van der Waals surface area contributed by atoms with Crippen molar-refractivity contribution < 1.29 is 19.1 Å². The molecule has 1 atom stereocenters. The van der Waals surface area contributed by atoms with Crippen molar-refractivity contribution in [2.45, 2.75) is 20.0 Å². The Morgan fingerprint density at radius 2 is 1.50 bits per heavy atom. The quantitative estimate of drug-likeness (QED) is 0.329. The Hall–Kier alpha value is -3.31.